The van der Waals surface area contributed by atoms with Gasteiger partial charge in [0.1, 0.15) is 5.69 Å². The van der Waals surface area contributed by atoms with Crippen molar-refractivity contribution in [1.29, 1.82) is 0 Å². The summed E-state index contributed by atoms with van der Waals surface area (Å²) in [6, 6.07) is 12.9. The predicted molar refractivity (Wildman–Crippen MR) is 152 cm³/mol. The zero-order chi connectivity index (χ0) is 25.7. The van der Waals surface area contributed by atoms with Crippen LogP contribution in [0.4, 0.5) is 0 Å². The van der Waals surface area contributed by atoms with Crippen LogP contribution in [0.1, 0.15) is 80.3 Å². The molecule has 0 spiro atoms. The van der Waals surface area contributed by atoms with Crippen LogP contribution in [0.2, 0.25) is 15.1 Å². The summed E-state index contributed by atoms with van der Waals surface area (Å²) >= 11 is 18.9. The summed E-state index contributed by atoms with van der Waals surface area (Å²) < 4.78 is 1.78. The van der Waals surface area contributed by atoms with E-state index in [0.717, 1.165) is 47.4 Å². The van der Waals surface area contributed by atoms with E-state index >= 15 is 0 Å². The van der Waals surface area contributed by atoms with Gasteiger partial charge in [-0.05, 0) is 112 Å². The summed E-state index contributed by atoms with van der Waals surface area (Å²) in [7, 11) is 0. The van der Waals surface area contributed by atoms with Crippen LogP contribution >= 0.6 is 34.8 Å². The quantitative estimate of drug-likeness (QED) is 0.205. The van der Waals surface area contributed by atoms with Gasteiger partial charge in [-0.25, -0.2) is 4.68 Å². The van der Waals surface area contributed by atoms with E-state index in [9.17, 15) is 4.79 Å². The first kappa shape index (κ1) is 25.5. The molecule has 4 aliphatic rings. The number of Topliss-reactive ketones (excluding diaryl/α,β-unsaturated/α-hetero) is 1. The molecule has 4 saturated carbocycles. The van der Waals surface area contributed by atoms with Crippen LogP contribution in [0, 0.1) is 30.1 Å². The Kier molecular flexibility index (Phi) is 6.92. The second-order valence-electron chi connectivity index (χ2n) is 11.9. The Morgan fingerprint density at radius 3 is 2.16 bits per heavy atom. The first-order valence-electron chi connectivity index (χ1n) is 13.6. The van der Waals surface area contributed by atoms with Gasteiger partial charge in [0.2, 0.25) is 0 Å². The number of carbonyl (C=O) groups is 1. The normalized spacial score (nSPS) is 26.1. The van der Waals surface area contributed by atoms with Crippen LogP contribution in [0.15, 0.2) is 42.5 Å². The van der Waals surface area contributed by atoms with Crippen molar-refractivity contribution in [2.45, 2.75) is 71.1 Å². The van der Waals surface area contributed by atoms with Crippen molar-refractivity contribution in [3.8, 4) is 16.9 Å². The molecule has 37 heavy (non-hydrogen) atoms. The lowest BCUT2D eigenvalue weighted by Crippen LogP contribution is -2.45. The summed E-state index contributed by atoms with van der Waals surface area (Å²) in [5.74, 6) is 3.03. The molecule has 3 nitrogen and oxygen atoms in total. The van der Waals surface area contributed by atoms with Gasteiger partial charge in [0.05, 0.1) is 16.4 Å². The monoisotopic (exact) mass is 554 g/mol. The minimum atomic E-state index is 0.0991. The molecule has 2 aromatic carbocycles. The molecule has 4 fully saturated rings. The van der Waals surface area contributed by atoms with E-state index in [1.807, 2.05) is 37.3 Å². The van der Waals surface area contributed by atoms with Gasteiger partial charge in [-0.3, -0.25) is 4.79 Å². The highest BCUT2D eigenvalue weighted by atomic mass is 35.5. The van der Waals surface area contributed by atoms with Crippen LogP contribution in [0.3, 0.4) is 0 Å². The van der Waals surface area contributed by atoms with Crippen molar-refractivity contribution < 1.29 is 4.79 Å². The summed E-state index contributed by atoms with van der Waals surface area (Å²) in [6.45, 7) is 1.97. The summed E-state index contributed by atoms with van der Waals surface area (Å²) in [5, 5.41) is 6.51. The van der Waals surface area contributed by atoms with Gasteiger partial charge in [-0.15, -0.1) is 0 Å². The molecule has 4 bridgehead atoms. The molecule has 0 atom stereocenters. The third-order valence-electron chi connectivity index (χ3n) is 9.17. The van der Waals surface area contributed by atoms with Gasteiger partial charge in [0.15, 0.2) is 5.78 Å². The zero-order valence-electron chi connectivity index (χ0n) is 21.3. The van der Waals surface area contributed by atoms with Crippen LogP contribution in [-0.2, 0) is 0 Å². The molecule has 7 rings (SSSR count). The number of nitrogens with zero attached hydrogens (tertiary/aromatic N) is 2. The van der Waals surface area contributed by atoms with Gasteiger partial charge < -0.3 is 0 Å². The molecule has 0 radical (unpaired) electrons. The van der Waals surface area contributed by atoms with Crippen LogP contribution < -0.4 is 0 Å². The smallest absolute Gasteiger partial charge is 0.183 e. The zero-order valence-corrected chi connectivity index (χ0v) is 23.5. The minimum absolute atomic E-state index is 0.0991. The first-order chi connectivity index (χ1) is 17.8. The number of benzene rings is 2. The Bertz CT molecular complexity index is 1290. The van der Waals surface area contributed by atoms with Crippen molar-refractivity contribution >= 4 is 40.6 Å². The Hall–Kier alpha value is -1.81. The summed E-state index contributed by atoms with van der Waals surface area (Å²) in [4.78, 5) is 13.5. The number of hydrogen-bond acceptors (Lipinski definition) is 2. The Balaban J connectivity index is 1.21. The van der Waals surface area contributed by atoms with Crippen molar-refractivity contribution in [1.82, 2.24) is 9.78 Å². The van der Waals surface area contributed by atoms with Crippen molar-refractivity contribution in [2.24, 2.45) is 23.2 Å². The highest BCUT2D eigenvalue weighted by Crippen LogP contribution is 2.61. The van der Waals surface area contributed by atoms with Crippen molar-refractivity contribution in [3.63, 3.8) is 0 Å². The molecule has 0 unspecified atom stereocenters. The number of carbonyl (C=O) groups excluding carboxylic acids is 1. The van der Waals surface area contributed by atoms with Gasteiger partial charge in [-0.2, -0.15) is 5.10 Å². The average Bonchev–Trinajstić information content (AvgIpc) is 3.18. The second-order valence-corrected chi connectivity index (χ2v) is 13.2. The molecular formula is C31H33Cl3N2O. The first-order valence-corrected chi connectivity index (χ1v) is 14.8. The van der Waals surface area contributed by atoms with Gasteiger partial charge in [0, 0.05) is 27.6 Å². The maximum atomic E-state index is 13.5. The Morgan fingerprint density at radius 2 is 1.54 bits per heavy atom. The second kappa shape index (κ2) is 10.1. The maximum absolute atomic E-state index is 13.5. The molecule has 1 heterocycles. The fraction of sp³-hybridized carbons (Fsp3) is 0.484. The highest BCUT2D eigenvalue weighted by Gasteiger charge is 2.50. The van der Waals surface area contributed by atoms with Gasteiger partial charge in [-0.1, -0.05) is 53.4 Å². The van der Waals surface area contributed by atoms with Gasteiger partial charge >= 0.3 is 0 Å². The Labute approximate surface area is 234 Å². The molecule has 1 aromatic heterocycles. The van der Waals surface area contributed by atoms with Crippen LogP contribution in [0.5, 0.6) is 0 Å². The number of halogens is 3. The van der Waals surface area contributed by atoms with E-state index in [1.54, 1.807) is 16.8 Å². The molecular weight excluding hydrogens is 523 g/mol. The number of ketones is 1. The number of rotatable bonds is 8. The highest BCUT2D eigenvalue weighted by molar-refractivity contribution is 6.35. The molecule has 0 aliphatic heterocycles. The largest absolute Gasteiger partial charge is 0.292 e. The Morgan fingerprint density at radius 1 is 0.919 bits per heavy atom. The van der Waals surface area contributed by atoms with E-state index < -0.39 is 0 Å². The molecule has 0 saturated heterocycles. The molecule has 3 aromatic rings. The standard InChI is InChI=1S/C31H33Cl3N2O/c1-19-29(28(37)4-2-3-11-31-16-20-12-21(17-31)14-22(13-20)18-31)35-36(27-10-9-25(33)15-26(27)34)30(19)23-5-7-24(32)8-6-23/h5-10,15,20-22H,2-4,11-14,16-18H2,1H3. The average molecular weight is 556 g/mol. The fourth-order valence-electron chi connectivity index (χ4n) is 8.03. The third-order valence-corrected chi connectivity index (χ3v) is 9.96. The summed E-state index contributed by atoms with van der Waals surface area (Å²) in [6.07, 6.45) is 12.6. The summed E-state index contributed by atoms with van der Waals surface area (Å²) in [5.41, 5.74) is 4.42. The van der Waals surface area contributed by atoms with Crippen LogP contribution in [0.25, 0.3) is 16.9 Å². The van der Waals surface area contributed by atoms with Gasteiger partial charge in [0.25, 0.3) is 0 Å². The molecule has 0 amide bonds. The fourth-order valence-corrected chi connectivity index (χ4v) is 8.65. The predicted octanol–water partition coefficient (Wildman–Crippen LogP) is 9.77. The lowest BCUT2D eigenvalue weighted by atomic mass is 9.48. The van der Waals surface area contributed by atoms with Crippen molar-refractivity contribution in [2.75, 3.05) is 0 Å². The maximum Gasteiger partial charge on any atom is 0.183 e. The molecule has 6 heteroatoms. The minimum Gasteiger partial charge on any atom is -0.292 e. The van der Waals surface area contributed by atoms with Crippen molar-refractivity contribution in [3.05, 3.63) is 68.8 Å². The van der Waals surface area contributed by atoms with Crippen LogP contribution in [-0.4, -0.2) is 15.6 Å². The van der Waals surface area contributed by atoms with E-state index in [1.165, 1.54) is 44.9 Å². The topological polar surface area (TPSA) is 34.9 Å². The molecule has 194 valence electrons. The number of unbranched alkanes of at least 4 members (excludes halogenated alkanes) is 1. The lowest BCUT2D eigenvalue weighted by molar-refractivity contribution is -0.0583. The number of hydrogen-bond donors (Lipinski definition) is 0. The van der Waals surface area contributed by atoms with E-state index in [2.05, 4.69) is 0 Å². The third kappa shape index (κ3) is 5.00. The number of aromatic nitrogens is 2. The molecule has 0 N–H and O–H groups in total. The van der Waals surface area contributed by atoms with E-state index in [4.69, 9.17) is 39.9 Å². The SMILES string of the molecule is Cc1c(C(=O)CCCCC23CC4CC(CC(C4)C2)C3)nn(-c2ccc(Cl)cc2Cl)c1-c1ccc(Cl)cc1. The molecule has 4 aliphatic carbocycles. The lowest BCUT2D eigenvalue weighted by Gasteiger charge is -2.57. The van der Waals surface area contributed by atoms with E-state index in [0.29, 0.717) is 38.3 Å². The van der Waals surface area contributed by atoms with E-state index in [-0.39, 0.29) is 5.78 Å².